The van der Waals surface area contributed by atoms with Crippen molar-refractivity contribution in [2.45, 2.75) is 43.0 Å². The molecule has 11 heteroatoms. The van der Waals surface area contributed by atoms with E-state index in [-0.39, 0.29) is 28.5 Å². The van der Waals surface area contributed by atoms with Gasteiger partial charge in [0.2, 0.25) is 17.7 Å². The molecule has 2 fully saturated rings. The Morgan fingerprint density at radius 3 is 2.25 bits per heavy atom. The molecule has 1 N–H and O–H groups in total. The molecule has 1 aromatic carbocycles. The third-order valence-electron chi connectivity index (χ3n) is 6.10. The first-order chi connectivity index (χ1) is 15.2. The lowest BCUT2D eigenvalue weighted by molar-refractivity contribution is -0.146. The highest BCUT2D eigenvalue weighted by molar-refractivity contribution is 7.98. The third-order valence-corrected chi connectivity index (χ3v) is 8.44. The number of hydroxylamine groups is 1. The van der Waals surface area contributed by atoms with Crippen LogP contribution < -0.4 is 5.32 Å². The fourth-order valence-electron chi connectivity index (χ4n) is 4.28. The molecular weight excluding hydrogens is 454 g/mol. The van der Waals surface area contributed by atoms with Gasteiger partial charge in [-0.15, -0.1) is 0 Å². The Bertz CT molecular complexity index is 942. The van der Waals surface area contributed by atoms with E-state index in [1.165, 1.54) is 55.1 Å². The van der Waals surface area contributed by atoms with Crippen molar-refractivity contribution in [2.75, 3.05) is 31.5 Å². The maximum Gasteiger partial charge on any atom is 0.264 e. The molecule has 1 aromatic rings. The van der Waals surface area contributed by atoms with Crippen LogP contribution in [-0.4, -0.2) is 67.7 Å². The minimum Gasteiger partial charge on any atom is -0.324 e. The van der Waals surface area contributed by atoms with E-state index in [1.54, 1.807) is 0 Å². The van der Waals surface area contributed by atoms with Gasteiger partial charge in [-0.05, 0) is 55.5 Å². The van der Waals surface area contributed by atoms with Crippen molar-refractivity contribution in [3.8, 4) is 0 Å². The predicted octanol–water partition coefficient (Wildman–Crippen LogP) is 2.10. The van der Waals surface area contributed by atoms with E-state index < -0.39 is 22.0 Å². The average Bonchev–Trinajstić information content (AvgIpc) is 3.04. The van der Waals surface area contributed by atoms with Gasteiger partial charge in [-0.2, -0.15) is 11.8 Å². The molecule has 3 rings (SSSR count). The second-order valence-corrected chi connectivity index (χ2v) is 10.9. The lowest BCUT2D eigenvalue weighted by Crippen LogP contribution is -2.48. The number of nitrogens with one attached hydrogen (secondary N) is 1. The lowest BCUT2D eigenvalue weighted by Gasteiger charge is -2.26. The number of hydrogen-bond acceptors (Lipinski definition) is 7. The molecule has 9 nitrogen and oxygen atoms in total. The van der Waals surface area contributed by atoms with E-state index >= 15 is 0 Å². The molecule has 3 unspecified atom stereocenters. The number of sulfonamides is 1. The van der Waals surface area contributed by atoms with E-state index in [2.05, 4.69) is 5.32 Å². The highest BCUT2D eigenvalue weighted by atomic mass is 32.2. The second kappa shape index (κ2) is 10.3. The van der Waals surface area contributed by atoms with Crippen LogP contribution in [-0.2, 0) is 29.2 Å². The zero-order valence-electron chi connectivity index (χ0n) is 18.4. The van der Waals surface area contributed by atoms with Gasteiger partial charge in [0.1, 0.15) is 6.04 Å². The van der Waals surface area contributed by atoms with Crippen LogP contribution in [0.1, 0.15) is 32.1 Å². The number of nitrogens with zero attached hydrogens (tertiary/aromatic N) is 2. The summed E-state index contributed by atoms with van der Waals surface area (Å²) in [6.07, 6.45) is 5.48. The normalized spacial score (nSPS) is 22.2. The van der Waals surface area contributed by atoms with Crippen molar-refractivity contribution in [1.29, 1.82) is 0 Å². The average molecular weight is 484 g/mol. The van der Waals surface area contributed by atoms with E-state index in [0.717, 1.165) is 17.3 Å². The van der Waals surface area contributed by atoms with Gasteiger partial charge in [0, 0.05) is 12.7 Å². The number of carbonyl (C=O) groups excluding carboxylic acids is 3. The van der Waals surface area contributed by atoms with Crippen LogP contribution in [0.5, 0.6) is 0 Å². The summed E-state index contributed by atoms with van der Waals surface area (Å²) in [5.74, 6) is -0.962. The molecule has 1 heterocycles. The lowest BCUT2D eigenvalue weighted by atomic mass is 9.81. The number of likely N-dealkylation sites (tertiary alicyclic amines) is 1. The zero-order valence-corrected chi connectivity index (χ0v) is 20.1. The third kappa shape index (κ3) is 4.85. The van der Waals surface area contributed by atoms with Gasteiger partial charge < -0.3 is 5.32 Å². The number of amides is 3. The van der Waals surface area contributed by atoms with Crippen LogP contribution >= 0.6 is 11.8 Å². The fraction of sp³-hybridized carbons (Fsp3) is 0.571. The van der Waals surface area contributed by atoms with Crippen molar-refractivity contribution >= 4 is 45.2 Å². The van der Waals surface area contributed by atoms with Gasteiger partial charge >= 0.3 is 0 Å². The maximum atomic E-state index is 13.1. The number of benzene rings is 1. The molecule has 0 radical (unpaired) electrons. The Hall–Kier alpha value is -1.95. The van der Waals surface area contributed by atoms with Gasteiger partial charge in [0.15, 0.2) is 0 Å². The molecule has 1 saturated heterocycles. The molecule has 0 aromatic heterocycles. The first-order valence-electron chi connectivity index (χ1n) is 10.5. The summed E-state index contributed by atoms with van der Waals surface area (Å²) >= 11 is 1.54. The number of rotatable bonds is 9. The largest absolute Gasteiger partial charge is 0.324 e. The van der Waals surface area contributed by atoms with Crippen molar-refractivity contribution in [3.63, 3.8) is 0 Å². The summed E-state index contributed by atoms with van der Waals surface area (Å²) in [6.45, 7) is 0. The van der Waals surface area contributed by atoms with Crippen LogP contribution in [0.2, 0.25) is 0 Å². The Morgan fingerprint density at radius 1 is 1.19 bits per heavy atom. The van der Waals surface area contributed by atoms with Gasteiger partial charge in [-0.25, -0.2) is 8.42 Å². The van der Waals surface area contributed by atoms with Crippen LogP contribution in [0.3, 0.4) is 0 Å². The smallest absolute Gasteiger partial charge is 0.264 e. The van der Waals surface area contributed by atoms with Crippen molar-refractivity contribution in [2.24, 2.45) is 11.8 Å². The Balaban J connectivity index is 1.78. The van der Waals surface area contributed by atoms with E-state index in [1.807, 2.05) is 6.26 Å². The summed E-state index contributed by atoms with van der Waals surface area (Å²) in [5.41, 5.74) is 0.375. The maximum absolute atomic E-state index is 13.1. The van der Waals surface area contributed by atoms with Gasteiger partial charge in [0.05, 0.1) is 23.8 Å². The molecule has 1 saturated carbocycles. The Morgan fingerprint density at radius 2 is 1.75 bits per heavy atom. The fourth-order valence-corrected chi connectivity index (χ4v) is 5.72. The monoisotopic (exact) mass is 483 g/mol. The predicted molar refractivity (Wildman–Crippen MR) is 121 cm³/mol. The molecular formula is C21H29N3O6S2. The number of carbonyl (C=O) groups is 3. The standard InChI is InChI=1S/C21H29N3O6S2/c1-23(30-2)32(28,29)15-10-8-14(9-11-15)22-19(25)18(12-13-31-3)24-20(26)16-6-4-5-7-17(16)21(24)27/h8-11,16-18H,4-7,12-13H2,1-3H3,(H,22,25). The molecule has 3 amide bonds. The highest BCUT2D eigenvalue weighted by Gasteiger charge is 2.51. The quantitative estimate of drug-likeness (QED) is 0.423. The van der Waals surface area contributed by atoms with Crippen molar-refractivity contribution in [3.05, 3.63) is 24.3 Å². The van der Waals surface area contributed by atoms with Crippen LogP contribution in [0.25, 0.3) is 0 Å². The minimum atomic E-state index is -3.80. The van der Waals surface area contributed by atoms with E-state index in [0.29, 0.717) is 30.7 Å². The summed E-state index contributed by atoms with van der Waals surface area (Å²) in [4.78, 5) is 45.1. The minimum absolute atomic E-state index is 0.00718. The van der Waals surface area contributed by atoms with E-state index in [9.17, 15) is 22.8 Å². The van der Waals surface area contributed by atoms with E-state index in [4.69, 9.17) is 4.84 Å². The van der Waals surface area contributed by atoms with Gasteiger partial charge in [0.25, 0.3) is 10.0 Å². The van der Waals surface area contributed by atoms with Crippen LogP contribution in [0.4, 0.5) is 5.69 Å². The molecule has 32 heavy (non-hydrogen) atoms. The SMILES string of the molecule is CON(C)S(=O)(=O)c1ccc(NC(=O)C(CCSC)N2C(=O)C3CCCCC3C2=O)cc1. The number of anilines is 1. The summed E-state index contributed by atoms with van der Waals surface area (Å²) in [5, 5.41) is 2.74. The number of hydrogen-bond donors (Lipinski definition) is 1. The van der Waals surface area contributed by atoms with Gasteiger partial charge in [-0.3, -0.25) is 24.1 Å². The molecule has 1 aliphatic heterocycles. The molecule has 0 bridgehead atoms. The van der Waals surface area contributed by atoms with Gasteiger partial charge in [-0.1, -0.05) is 17.3 Å². The number of imide groups is 1. The molecule has 2 aliphatic rings. The van der Waals surface area contributed by atoms with Crippen LogP contribution in [0.15, 0.2) is 29.2 Å². The number of fused-ring (bicyclic) bond motifs is 1. The first-order valence-corrected chi connectivity index (χ1v) is 13.4. The number of thioether (sulfide) groups is 1. The zero-order chi connectivity index (χ0) is 23.5. The summed E-state index contributed by atoms with van der Waals surface area (Å²) in [7, 11) is -1.28. The molecule has 176 valence electrons. The van der Waals surface area contributed by atoms with Crippen molar-refractivity contribution < 1.29 is 27.6 Å². The van der Waals surface area contributed by atoms with Crippen molar-refractivity contribution in [1.82, 2.24) is 9.37 Å². The highest BCUT2D eigenvalue weighted by Crippen LogP contribution is 2.39. The molecule has 0 spiro atoms. The molecule has 1 aliphatic carbocycles. The topological polar surface area (TPSA) is 113 Å². The first kappa shape index (κ1) is 24.7. The Kier molecular flexibility index (Phi) is 7.97. The summed E-state index contributed by atoms with van der Waals surface area (Å²) in [6, 6.07) is 4.76. The second-order valence-electron chi connectivity index (χ2n) is 7.95. The molecule has 3 atom stereocenters. The Labute approximate surface area is 192 Å². The summed E-state index contributed by atoms with van der Waals surface area (Å²) < 4.78 is 25.4. The van der Waals surface area contributed by atoms with Crippen LogP contribution in [0, 0.1) is 11.8 Å².